The number of aliphatic hydroxyl groups is 1. The lowest BCUT2D eigenvalue weighted by molar-refractivity contribution is 0.122. The van der Waals surface area contributed by atoms with Crippen molar-refractivity contribution in [3.05, 3.63) is 29.8 Å². The highest BCUT2D eigenvalue weighted by molar-refractivity contribution is 5.27. The highest BCUT2D eigenvalue weighted by atomic mass is 16.5. The van der Waals surface area contributed by atoms with Gasteiger partial charge >= 0.3 is 0 Å². The van der Waals surface area contributed by atoms with Crippen LogP contribution >= 0.6 is 0 Å². The standard InChI is InChI=1S/C16H24O2/c1-2-13-4-3-5-16(12-13)18-15-8-6-14(7-9-15)10-11-17/h6-9,13,16-17H,2-5,10-12H2,1H3. The molecule has 0 heterocycles. The van der Waals surface area contributed by atoms with Crippen molar-refractivity contribution in [1.29, 1.82) is 0 Å². The molecule has 0 aromatic heterocycles. The summed E-state index contributed by atoms with van der Waals surface area (Å²) in [5.74, 6) is 1.82. The Bertz CT molecular complexity index is 345. The normalized spacial score (nSPS) is 23.9. The molecule has 1 fully saturated rings. The Morgan fingerprint density at radius 1 is 1.22 bits per heavy atom. The molecule has 2 heteroatoms. The molecular formula is C16H24O2. The zero-order chi connectivity index (χ0) is 12.8. The third-order valence-electron chi connectivity index (χ3n) is 3.94. The maximum Gasteiger partial charge on any atom is 0.119 e. The highest BCUT2D eigenvalue weighted by Crippen LogP contribution is 2.29. The lowest BCUT2D eigenvalue weighted by Gasteiger charge is -2.29. The van der Waals surface area contributed by atoms with E-state index in [2.05, 4.69) is 6.92 Å². The summed E-state index contributed by atoms with van der Waals surface area (Å²) in [7, 11) is 0. The molecule has 1 aliphatic rings. The van der Waals surface area contributed by atoms with Gasteiger partial charge in [0.25, 0.3) is 0 Å². The van der Waals surface area contributed by atoms with Crippen molar-refractivity contribution in [3.8, 4) is 5.75 Å². The first-order chi connectivity index (χ1) is 8.81. The molecular weight excluding hydrogens is 224 g/mol. The van der Waals surface area contributed by atoms with E-state index in [1.807, 2.05) is 24.3 Å². The van der Waals surface area contributed by atoms with Crippen molar-refractivity contribution in [1.82, 2.24) is 0 Å². The van der Waals surface area contributed by atoms with E-state index < -0.39 is 0 Å². The van der Waals surface area contributed by atoms with E-state index in [9.17, 15) is 0 Å². The van der Waals surface area contributed by atoms with Crippen LogP contribution in [0, 0.1) is 5.92 Å². The molecule has 0 spiro atoms. The van der Waals surface area contributed by atoms with E-state index in [0.717, 1.165) is 18.1 Å². The maximum absolute atomic E-state index is 8.88. The van der Waals surface area contributed by atoms with Gasteiger partial charge in [-0.15, -0.1) is 0 Å². The van der Waals surface area contributed by atoms with E-state index >= 15 is 0 Å². The summed E-state index contributed by atoms with van der Waals surface area (Å²) in [4.78, 5) is 0. The molecule has 0 radical (unpaired) electrons. The van der Waals surface area contributed by atoms with Crippen LogP contribution < -0.4 is 4.74 Å². The number of benzene rings is 1. The fraction of sp³-hybridized carbons (Fsp3) is 0.625. The van der Waals surface area contributed by atoms with Crippen molar-refractivity contribution >= 4 is 0 Å². The van der Waals surface area contributed by atoms with Gasteiger partial charge in [-0.1, -0.05) is 31.9 Å². The zero-order valence-corrected chi connectivity index (χ0v) is 11.3. The smallest absolute Gasteiger partial charge is 0.119 e. The molecule has 18 heavy (non-hydrogen) atoms. The van der Waals surface area contributed by atoms with Gasteiger partial charge in [-0.3, -0.25) is 0 Å². The zero-order valence-electron chi connectivity index (χ0n) is 11.3. The van der Waals surface area contributed by atoms with Gasteiger partial charge in [-0.25, -0.2) is 0 Å². The average Bonchev–Trinajstić information content (AvgIpc) is 2.42. The molecule has 1 aromatic rings. The molecule has 1 N–H and O–H groups in total. The quantitative estimate of drug-likeness (QED) is 0.863. The van der Waals surface area contributed by atoms with Gasteiger partial charge in [0.1, 0.15) is 5.75 Å². The number of aliphatic hydroxyl groups excluding tert-OH is 1. The molecule has 1 aliphatic carbocycles. The van der Waals surface area contributed by atoms with E-state index in [1.54, 1.807) is 0 Å². The van der Waals surface area contributed by atoms with Crippen molar-refractivity contribution in [3.63, 3.8) is 0 Å². The number of ether oxygens (including phenoxy) is 1. The summed E-state index contributed by atoms with van der Waals surface area (Å²) in [5.41, 5.74) is 1.17. The van der Waals surface area contributed by atoms with Gasteiger partial charge in [0.15, 0.2) is 0 Å². The predicted octanol–water partition coefficient (Wildman–Crippen LogP) is 3.57. The molecule has 2 rings (SSSR count). The van der Waals surface area contributed by atoms with Crippen LogP contribution in [-0.4, -0.2) is 17.8 Å². The van der Waals surface area contributed by atoms with Gasteiger partial charge < -0.3 is 9.84 Å². The van der Waals surface area contributed by atoms with Crippen LogP contribution in [0.25, 0.3) is 0 Å². The van der Waals surface area contributed by atoms with Crippen LogP contribution in [0.5, 0.6) is 5.75 Å². The first-order valence-corrected chi connectivity index (χ1v) is 7.18. The Labute approximate surface area is 110 Å². The Hall–Kier alpha value is -1.02. The predicted molar refractivity (Wildman–Crippen MR) is 73.9 cm³/mol. The minimum atomic E-state index is 0.209. The van der Waals surface area contributed by atoms with E-state index in [0.29, 0.717) is 6.10 Å². The molecule has 0 saturated heterocycles. The van der Waals surface area contributed by atoms with Gasteiger partial charge in [-0.2, -0.15) is 0 Å². The van der Waals surface area contributed by atoms with Crippen LogP contribution in [-0.2, 0) is 6.42 Å². The molecule has 2 unspecified atom stereocenters. The van der Waals surface area contributed by atoms with Crippen LogP contribution in [0.3, 0.4) is 0 Å². The average molecular weight is 248 g/mol. The molecule has 0 aliphatic heterocycles. The van der Waals surface area contributed by atoms with Gasteiger partial charge in [0.05, 0.1) is 6.10 Å². The molecule has 0 bridgehead atoms. The fourth-order valence-electron chi connectivity index (χ4n) is 2.78. The third kappa shape index (κ3) is 3.74. The number of hydrogen-bond donors (Lipinski definition) is 1. The first-order valence-electron chi connectivity index (χ1n) is 7.18. The first kappa shape index (κ1) is 13.4. The van der Waals surface area contributed by atoms with E-state index in [-0.39, 0.29) is 6.61 Å². The highest BCUT2D eigenvalue weighted by Gasteiger charge is 2.21. The summed E-state index contributed by atoms with van der Waals surface area (Å²) >= 11 is 0. The van der Waals surface area contributed by atoms with Crippen molar-refractivity contribution in [2.45, 2.75) is 51.6 Å². The van der Waals surface area contributed by atoms with Gasteiger partial charge in [-0.05, 0) is 49.3 Å². The van der Waals surface area contributed by atoms with E-state index in [4.69, 9.17) is 9.84 Å². The topological polar surface area (TPSA) is 29.5 Å². The lowest BCUT2D eigenvalue weighted by atomic mass is 9.85. The fourth-order valence-corrected chi connectivity index (χ4v) is 2.78. The molecule has 2 atom stereocenters. The van der Waals surface area contributed by atoms with Crippen molar-refractivity contribution in [2.75, 3.05) is 6.61 Å². The molecule has 2 nitrogen and oxygen atoms in total. The summed E-state index contributed by atoms with van der Waals surface area (Å²) in [6.07, 6.45) is 7.45. The number of hydrogen-bond acceptors (Lipinski definition) is 2. The monoisotopic (exact) mass is 248 g/mol. The second-order valence-corrected chi connectivity index (χ2v) is 5.30. The number of rotatable bonds is 5. The summed E-state index contributed by atoms with van der Waals surface area (Å²) < 4.78 is 6.06. The van der Waals surface area contributed by atoms with Crippen LogP contribution in [0.15, 0.2) is 24.3 Å². The van der Waals surface area contributed by atoms with Gasteiger partial charge in [0.2, 0.25) is 0 Å². The lowest BCUT2D eigenvalue weighted by Crippen LogP contribution is -2.25. The van der Waals surface area contributed by atoms with Crippen LogP contribution in [0.2, 0.25) is 0 Å². The Balaban J connectivity index is 1.88. The molecule has 1 saturated carbocycles. The second-order valence-electron chi connectivity index (χ2n) is 5.30. The van der Waals surface area contributed by atoms with Gasteiger partial charge in [0, 0.05) is 6.61 Å². The maximum atomic E-state index is 8.88. The Morgan fingerprint density at radius 3 is 2.67 bits per heavy atom. The summed E-state index contributed by atoms with van der Waals surface area (Å²) in [6, 6.07) is 8.15. The summed E-state index contributed by atoms with van der Waals surface area (Å²) in [6.45, 7) is 2.48. The molecule has 0 amide bonds. The minimum absolute atomic E-state index is 0.209. The molecule has 100 valence electrons. The van der Waals surface area contributed by atoms with E-state index in [1.165, 1.54) is 37.7 Å². The third-order valence-corrected chi connectivity index (χ3v) is 3.94. The van der Waals surface area contributed by atoms with Crippen LogP contribution in [0.4, 0.5) is 0 Å². The largest absolute Gasteiger partial charge is 0.490 e. The Kier molecular flexibility index (Phi) is 5.06. The Morgan fingerprint density at radius 2 is 2.00 bits per heavy atom. The van der Waals surface area contributed by atoms with Crippen molar-refractivity contribution < 1.29 is 9.84 Å². The minimum Gasteiger partial charge on any atom is -0.490 e. The summed E-state index contributed by atoms with van der Waals surface area (Å²) in [5, 5.41) is 8.88. The van der Waals surface area contributed by atoms with Crippen LogP contribution in [0.1, 0.15) is 44.6 Å². The molecule has 1 aromatic carbocycles. The second kappa shape index (κ2) is 6.79. The van der Waals surface area contributed by atoms with Crippen molar-refractivity contribution in [2.24, 2.45) is 5.92 Å². The SMILES string of the molecule is CCC1CCCC(Oc2ccc(CCO)cc2)C1.